The minimum absolute atomic E-state index is 0.0245. The highest BCUT2D eigenvalue weighted by Crippen LogP contribution is 2.32. The number of carbonyl (C=O) groups excluding carboxylic acids is 1. The average molecular weight is 306 g/mol. The van der Waals surface area contributed by atoms with Gasteiger partial charge in [0.15, 0.2) is 21.7 Å². The summed E-state index contributed by atoms with van der Waals surface area (Å²) >= 11 is 6.57. The van der Waals surface area contributed by atoms with E-state index >= 15 is 0 Å². The summed E-state index contributed by atoms with van der Waals surface area (Å²) in [5.41, 5.74) is 0. The molecule has 0 N–H and O–H groups in total. The Bertz CT molecular complexity index is 632. The van der Waals surface area contributed by atoms with Crippen molar-refractivity contribution in [2.24, 2.45) is 0 Å². The van der Waals surface area contributed by atoms with Crippen molar-refractivity contribution in [2.75, 3.05) is 7.11 Å². The van der Waals surface area contributed by atoms with Crippen molar-refractivity contribution in [3.8, 4) is 10.9 Å². The molecule has 0 radical (unpaired) electrons. The minimum atomic E-state index is -1.05. The van der Waals surface area contributed by atoms with E-state index in [2.05, 4.69) is 9.72 Å². The summed E-state index contributed by atoms with van der Waals surface area (Å²) < 4.78 is 35.4. The van der Waals surface area contributed by atoms with Crippen LogP contribution in [-0.2, 0) is 4.74 Å². The summed E-state index contributed by atoms with van der Waals surface area (Å²) in [4.78, 5) is 15.1. The smallest absolute Gasteiger partial charge is 0.351 e. The van der Waals surface area contributed by atoms with Crippen molar-refractivity contribution in [1.29, 1.82) is 0 Å². The highest BCUT2D eigenvalue weighted by atomic mass is 35.5. The molecule has 2 rings (SSSR count). The second-order valence-electron chi connectivity index (χ2n) is 3.27. The molecule has 0 bridgehead atoms. The van der Waals surface area contributed by atoms with Crippen LogP contribution in [-0.4, -0.2) is 18.1 Å². The molecule has 2 aromatic rings. The number of methoxy groups -OCH3 is 1. The Balaban J connectivity index is 2.24. The number of hydrogen-bond acceptors (Lipinski definition) is 5. The maximum atomic E-state index is 13.0. The van der Waals surface area contributed by atoms with Crippen LogP contribution < -0.4 is 4.74 Å². The van der Waals surface area contributed by atoms with Gasteiger partial charge in [-0.3, -0.25) is 0 Å². The molecule has 8 heteroatoms. The van der Waals surface area contributed by atoms with Crippen molar-refractivity contribution in [1.82, 2.24) is 4.98 Å². The van der Waals surface area contributed by atoms with Gasteiger partial charge >= 0.3 is 5.97 Å². The van der Waals surface area contributed by atoms with Crippen molar-refractivity contribution in [3.63, 3.8) is 0 Å². The minimum Gasteiger partial charge on any atom is -0.465 e. The fraction of sp³-hybridized carbons (Fsp3) is 0.0909. The topological polar surface area (TPSA) is 48.4 Å². The van der Waals surface area contributed by atoms with E-state index in [0.29, 0.717) is 0 Å². The zero-order chi connectivity index (χ0) is 14.0. The van der Waals surface area contributed by atoms with Crippen molar-refractivity contribution in [2.45, 2.75) is 0 Å². The van der Waals surface area contributed by atoms with Crippen LogP contribution in [0.4, 0.5) is 8.78 Å². The van der Waals surface area contributed by atoms with Crippen LogP contribution in [0.15, 0.2) is 18.2 Å². The molecule has 0 atom stereocenters. The number of halogens is 3. The van der Waals surface area contributed by atoms with Gasteiger partial charge in [0.2, 0.25) is 0 Å². The number of esters is 1. The Morgan fingerprint density at radius 1 is 1.37 bits per heavy atom. The van der Waals surface area contributed by atoms with Crippen LogP contribution in [0.5, 0.6) is 10.9 Å². The first-order chi connectivity index (χ1) is 9.01. The number of ether oxygens (including phenoxy) is 2. The lowest BCUT2D eigenvalue weighted by molar-refractivity contribution is 0.0606. The van der Waals surface area contributed by atoms with Gasteiger partial charge in [0.25, 0.3) is 5.19 Å². The molecule has 0 amide bonds. The highest BCUT2D eigenvalue weighted by molar-refractivity contribution is 7.15. The van der Waals surface area contributed by atoms with E-state index in [4.69, 9.17) is 16.3 Å². The molecule has 4 nitrogen and oxygen atoms in total. The molecule has 0 saturated heterocycles. The predicted molar refractivity (Wildman–Crippen MR) is 64.9 cm³/mol. The van der Waals surface area contributed by atoms with Gasteiger partial charge in [-0.05, 0) is 12.1 Å². The van der Waals surface area contributed by atoms with Gasteiger partial charge in [-0.1, -0.05) is 22.9 Å². The second-order valence-corrected chi connectivity index (χ2v) is 4.59. The number of hydrogen-bond donors (Lipinski definition) is 0. The zero-order valence-electron chi connectivity index (χ0n) is 9.45. The van der Waals surface area contributed by atoms with Gasteiger partial charge < -0.3 is 9.47 Å². The third-order valence-electron chi connectivity index (χ3n) is 2.03. The Morgan fingerprint density at radius 2 is 2.11 bits per heavy atom. The van der Waals surface area contributed by atoms with Crippen LogP contribution in [0.3, 0.4) is 0 Å². The molecule has 19 heavy (non-hydrogen) atoms. The molecular formula is C11H6ClF2NO3S. The maximum Gasteiger partial charge on any atom is 0.351 e. The van der Waals surface area contributed by atoms with Gasteiger partial charge in [-0.25, -0.2) is 13.6 Å². The van der Waals surface area contributed by atoms with E-state index in [1.165, 1.54) is 13.2 Å². The number of thiazole rings is 1. The fourth-order valence-electron chi connectivity index (χ4n) is 1.19. The fourth-order valence-corrected chi connectivity index (χ4v) is 2.25. The number of aromatic nitrogens is 1. The van der Waals surface area contributed by atoms with Crippen LogP contribution in [0.25, 0.3) is 0 Å². The molecular weight excluding hydrogens is 300 g/mol. The van der Waals surface area contributed by atoms with Crippen molar-refractivity contribution in [3.05, 3.63) is 39.9 Å². The average Bonchev–Trinajstić information content (AvgIpc) is 2.74. The first kappa shape index (κ1) is 13.7. The Labute approximate surface area is 115 Å². The van der Waals surface area contributed by atoms with Crippen LogP contribution >= 0.6 is 22.9 Å². The molecule has 1 aromatic heterocycles. The lowest BCUT2D eigenvalue weighted by atomic mass is 10.3. The third kappa shape index (κ3) is 2.99. The van der Waals surface area contributed by atoms with E-state index in [1.54, 1.807) is 0 Å². The van der Waals surface area contributed by atoms with Crippen LogP contribution in [0.1, 0.15) is 9.67 Å². The second kappa shape index (κ2) is 5.50. The van der Waals surface area contributed by atoms with E-state index in [9.17, 15) is 13.6 Å². The summed E-state index contributed by atoms with van der Waals surface area (Å²) in [6.45, 7) is 0. The largest absolute Gasteiger partial charge is 0.465 e. The standard InChI is InChI=1S/C11H6ClF2NO3S/c1-17-10(16)8-9(12)15-11(19-8)18-5-2-3-6(13)7(14)4-5/h2-4H,1H3. The monoisotopic (exact) mass is 305 g/mol. The molecule has 0 spiro atoms. The summed E-state index contributed by atoms with van der Waals surface area (Å²) in [7, 11) is 1.20. The summed E-state index contributed by atoms with van der Waals surface area (Å²) in [5.74, 6) is -2.64. The number of rotatable bonds is 3. The van der Waals surface area contributed by atoms with Crippen molar-refractivity contribution >= 4 is 28.9 Å². The van der Waals surface area contributed by atoms with E-state index in [-0.39, 0.29) is 21.0 Å². The maximum absolute atomic E-state index is 13.0. The Morgan fingerprint density at radius 3 is 2.74 bits per heavy atom. The number of nitrogens with zero attached hydrogens (tertiary/aromatic N) is 1. The lowest BCUT2D eigenvalue weighted by Gasteiger charge is -2.01. The van der Waals surface area contributed by atoms with Crippen LogP contribution in [0, 0.1) is 11.6 Å². The molecule has 1 heterocycles. The molecule has 0 fully saturated rings. The highest BCUT2D eigenvalue weighted by Gasteiger charge is 2.18. The van der Waals surface area contributed by atoms with Gasteiger partial charge in [-0.2, -0.15) is 4.98 Å². The normalized spacial score (nSPS) is 10.3. The molecule has 0 aliphatic carbocycles. The zero-order valence-corrected chi connectivity index (χ0v) is 11.0. The summed E-state index contributed by atoms with van der Waals surface area (Å²) in [6.07, 6.45) is 0. The van der Waals surface area contributed by atoms with E-state index in [1.807, 2.05) is 0 Å². The molecule has 0 unspecified atom stereocenters. The van der Waals surface area contributed by atoms with E-state index < -0.39 is 17.6 Å². The molecule has 100 valence electrons. The first-order valence-corrected chi connectivity index (χ1v) is 6.08. The summed E-state index contributed by atoms with van der Waals surface area (Å²) in [6, 6.07) is 3.01. The predicted octanol–water partition coefficient (Wildman–Crippen LogP) is 3.65. The van der Waals surface area contributed by atoms with Crippen LogP contribution in [0.2, 0.25) is 5.15 Å². The molecule has 0 aliphatic rings. The molecule has 1 aromatic carbocycles. The quantitative estimate of drug-likeness (QED) is 0.812. The van der Waals surface area contributed by atoms with Gasteiger partial charge in [-0.15, -0.1) is 0 Å². The lowest BCUT2D eigenvalue weighted by Crippen LogP contribution is -1.98. The van der Waals surface area contributed by atoms with Gasteiger partial charge in [0, 0.05) is 6.07 Å². The van der Waals surface area contributed by atoms with Gasteiger partial charge in [0.1, 0.15) is 5.75 Å². The van der Waals surface area contributed by atoms with Gasteiger partial charge in [0.05, 0.1) is 7.11 Å². The Kier molecular flexibility index (Phi) is 3.96. The Hall–Kier alpha value is -1.73. The first-order valence-electron chi connectivity index (χ1n) is 4.89. The molecule has 0 aliphatic heterocycles. The molecule has 0 saturated carbocycles. The van der Waals surface area contributed by atoms with Crippen molar-refractivity contribution < 1.29 is 23.0 Å². The third-order valence-corrected chi connectivity index (χ3v) is 3.33. The summed E-state index contributed by atoms with van der Waals surface area (Å²) in [5, 5.41) is -0.0501. The number of carbonyl (C=O) groups is 1. The number of benzene rings is 1. The SMILES string of the molecule is COC(=O)c1sc(Oc2ccc(F)c(F)c2)nc1Cl. The van der Waals surface area contributed by atoms with E-state index in [0.717, 1.165) is 23.5 Å².